The van der Waals surface area contributed by atoms with E-state index in [0.29, 0.717) is 41.7 Å². The molecule has 3 rings (SSSR count). The van der Waals surface area contributed by atoms with Crippen molar-refractivity contribution < 1.29 is 23.5 Å². The maximum absolute atomic E-state index is 12.8. The molecule has 2 heterocycles. The highest BCUT2D eigenvalue weighted by Gasteiger charge is 2.30. The van der Waals surface area contributed by atoms with Crippen LogP contribution in [0.1, 0.15) is 23.4 Å². The van der Waals surface area contributed by atoms with Crippen molar-refractivity contribution in [3.8, 4) is 11.5 Å². The normalized spacial score (nSPS) is 16.7. The van der Waals surface area contributed by atoms with Gasteiger partial charge < -0.3 is 24.1 Å². The van der Waals surface area contributed by atoms with E-state index in [1.807, 2.05) is 0 Å². The molecule has 1 aliphatic rings. The Labute approximate surface area is 162 Å². The van der Waals surface area contributed by atoms with Gasteiger partial charge in [-0.3, -0.25) is 9.59 Å². The number of methoxy groups -OCH3 is 2. The Balaban J connectivity index is 1.71. The number of halogens is 1. The summed E-state index contributed by atoms with van der Waals surface area (Å²) in [6.45, 7) is 0.929. The smallest absolute Gasteiger partial charge is 0.289 e. The number of carbonyl (C=O) groups excluding carboxylic acids is 2. The summed E-state index contributed by atoms with van der Waals surface area (Å²) in [6.07, 6.45) is 2.89. The average Bonchev–Trinajstić information content (AvgIpc) is 3.22. The lowest BCUT2D eigenvalue weighted by Crippen LogP contribution is -2.43. The largest absolute Gasteiger partial charge is 0.495 e. The van der Waals surface area contributed by atoms with Gasteiger partial charge in [0, 0.05) is 19.2 Å². The van der Waals surface area contributed by atoms with E-state index in [4.69, 9.17) is 25.5 Å². The molecule has 1 aliphatic heterocycles. The number of piperidine rings is 1. The first kappa shape index (κ1) is 19.1. The fraction of sp³-hybridized carbons (Fsp3) is 0.368. The van der Waals surface area contributed by atoms with Crippen LogP contribution in [0.15, 0.2) is 34.9 Å². The van der Waals surface area contributed by atoms with Crippen LogP contribution in [-0.4, -0.2) is 44.0 Å². The number of hydrogen-bond acceptors (Lipinski definition) is 5. The zero-order chi connectivity index (χ0) is 19.4. The zero-order valence-electron chi connectivity index (χ0n) is 15.2. The van der Waals surface area contributed by atoms with Crippen molar-refractivity contribution in [2.45, 2.75) is 12.8 Å². The van der Waals surface area contributed by atoms with Crippen LogP contribution in [0.2, 0.25) is 5.02 Å². The molecule has 2 aromatic rings. The monoisotopic (exact) mass is 392 g/mol. The first-order valence-corrected chi connectivity index (χ1v) is 8.96. The van der Waals surface area contributed by atoms with Crippen LogP contribution in [-0.2, 0) is 4.79 Å². The Morgan fingerprint density at radius 1 is 1.26 bits per heavy atom. The first-order chi connectivity index (χ1) is 13.0. The molecule has 0 unspecified atom stereocenters. The number of likely N-dealkylation sites (tertiary alicyclic amines) is 1. The van der Waals surface area contributed by atoms with Crippen LogP contribution in [0.25, 0.3) is 0 Å². The molecule has 1 aromatic heterocycles. The van der Waals surface area contributed by atoms with Crippen molar-refractivity contribution in [3.05, 3.63) is 41.3 Å². The van der Waals surface area contributed by atoms with Crippen LogP contribution in [0, 0.1) is 5.92 Å². The third-order valence-corrected chi connectivity index (χ3v) is 4.84. The van der Waals surface area contributed by atoms with Gasteiger partial charge in [0.05, 0.1) is 37.1 Å². The number of amides is 2. The van der Waals surface area contributed by atoms with Gasteiger partial charge in [-0.05, 0) is 31.0 Å². The minimum Gasteiger partial charge on any atom is -0.495 e. The van der Waals surface area contributed by atoms with Gasteiger partial charge in [-0.15, -0.1) is 0 Å². The van der Waals surface area contributed by atoms with Gasteiger partial charge in [0.15, 0.2) is 5.76 Å². The molecular formula is C19H21ClN2O5. The average molecular weight is 393 g/mol. The fourth-order valence-electron chi connectivity index (χ4n) is 3.12. The number of nitrogens with one attached hydrogen (secondary N) is 1. The number of hydrogen-bond donors (Lipinski definition) is 1. The molecular weight excluding hydrogens is 372 g/mol. The van der Waals surface area contributed by atoms with Gasteiger partial charge in [0.2, 0.25) is 5.91 Å². The Morgan fingerprint density at radius 2 is 2.04 bits per heavy atom. The fourth-order valence-corrected chi connectivity index (χ4v) is 3.37. The molecule has 1 aromatic carbocycles. The number of benzene rings is 1. The van der Waals surface area contributed by atoms with Crippen molar-refractivity contribution in [2.24, 2.45) is 5.92 Å². The van der Waals surface area contributed by atoms with Crippen molar-refractivity contribution in [3.63, 3.8) is 0 Å². The van der Waals surface area contributed by atoms with Crippen LogP contribution in [0.3, 0.4) is 0 Å². The lowest BCUT2D eigenvalue weighted by Gasteiger charge is -2.31. The van der Waals surface area contributed by atoms with Crippen LogP contribution in [0.4, 0.5) is 5.69 Å². The summed E-state index contributed by atoms with van der Waals surface area (Å²) < 4.78 is 15.6. The van der Waals surface area contributed by atoms with Crippen molar-refractivity contribution in [1.29, 1.82) is 0 Å². The molecule has 7 nitrogen and oxygen atoms in total. The van der Waals surface area contributed by atoms with Gasteiger partial charge in [-0.1, -0.05) is 11.6 Å². The highest BCUT2D eigenvalue weighted by atomic mass is 35.5. The number of rotatable bonds is 5. The quantitative estimate of drug-likeness (QED) is 0.842. The second kappa shape index (κ2) is 8.35. The second-order valence-corrected chi connectivity index (χ2v) is 6.65. The maximum atomic E-state index is 12.8. The number of nitrogens with zero attached hydrogens (tertiary/aromatic N) is 1. The van der Waals surface area contributed by atoms with E-state index in [1.54, 1.807) is 29.2 Å². The lowest BCUT2D eigenvalue weighted by molar-refractivity contribution is -0.121. The third kappa shape index (κ3) is 4.19. The molecule has 1 N–H and O–H groups in total. The highest BCUT2D eigenvalue weighted by Crippen LogP contribution is 2.36. The molecule has 0 spiro atoms. The van der Waals surface area contributed by atoms with Crippen molar-refractivity contribution in [2.75, 3.05) is 32.6 Å². The Morgan fingerprint density at radius 3 is 2.70 bits per heavy atom. The Hall–Kier alpha value is -2.67. The summed E-state index contributed by atoms with van der Waals surface area (Å²) >= 11 is 6.15. The SMILES string of the molecule is COc1cc(OC)c(NC(=O)[C@@H]2CCCN(C(=O)c3ccco3)C2)cc1Cl. The number of furan rings is 1. The molecule has 2 amide bonds. The molecule has 0 radical (unpaired) electrons. The number of carbonyl (C=O) groups is 2. The molecule has 8 heteroatoms. The van der Waals surface area contributed by atoms with E-state index < -0.39 is 0 Å². The minimum absolute atomic E-state index is 0.188. The Bertz CT molecular complexity index is 822. The number of ether oxygens (including phenoxy) is 2. The zero-order valence-corrected chi connectivity index (χ0v) is 15.9. The van der Waals surface area contributed by atoms with Gasteiger partial charge in [0.1, 0.15) is 11.5 Å². The Kier molecular flexibility index (Phi) is 5.91. The molecule has 1 fully saturated rings. The summed E-state index contributed by atoms with van der Waals surface area (Å²) in [4.78, 5) is 26.8. The molecule has 0 saturated carbocycles. The summed E-state index contributed by atoms with van der Waals surface area (Å²) in [7, 11) is 3.01. The predicted octanol–water partition coefficient (Wildman–Crippen LogP) is 3.44. The molecule has 1 atom stereocenters. The van der Waals surface area contributed by atoms with E-state index in [9.17, 15) is 9.59 Å². The lowest BCUT2D eigenvalue weighted by atomic mass is 9.96. The summed E-state index contributed by atoms with van der Waals surface area (Å²) in [6, 6.07) is 6.49. The number of anilines is 1. The predicted molar refractivity (Wildman–Crippen MR) is 101 cm³/mol. The molecule has 0 bridgehead atoms. The van der Waals surface area contributed by atoms with Crippen LogP contribution < -0.4 is 14.8 Å². The molecule has 144 valence electrons. The third-order valence-electron chi connectivity index (χ3n) is 4.54. The van der Waals surface area contributed by atoms with Gasteiger partial charge in [-0.25, -0.2) is 0 Å². The van der Waals surface area contributed by atoms with E-state index in [-0.39, 0.29) is 23.5 Å². The van der Waals surface area contributed by atoms with Crippen LogP contribution in [0.5, 0.6) is 11.5 Å². The van der Waals surface area contributed by atoms with Crippen molar-refractivity contribution >= 4 is 29.1 Å². The van der Waals surface area contributed by atoms with Gasteiger partial charge in [0.25, 0.3) is 5.91 Å². The van der Waals surface area contributed by atoms with Crippen LogP contribution >= 0.6 is 11.6 Å². The second-order valence-electron chi connectivity index (χ2n) is 6.24. The van der Waals surface area contributed by atoms with Gasteiger partial charge >= 0.3 is 0 Å². The first-order valence-electron chi connectivity index (χ1n) is 8.58. The topological polar surface area (TPSA) is 81.0 Å². The van der Waals surface area contributed by atoms with E-state index in [0.717, 1.165) is 6.42 Å². The maximum Gasteiger partial charge on any atom is 0.289 e. The molecule has 27 heavy (non-hydrogen) atoms. The van der Waals surface area contributed by atoms with Gasteiger partial charge in [-0.2, -0.15) is 0 Å². The van der Waals surface area contributed by atoms with E-state index in [1.165, 1.54) is 20.5 Å². The summed E-state index contributed by atoms with van der Waals surface area (Å²) in [5.74, 6) is 0.459. The van der Waals surface area contributed by atoms with Crippen molar-refractivity contribution in [1.82, 2.24) is 4.90 Å². The van der Waals surface area contributed by atoms with E-state index in [2.05, 4.69) is 5.32 Å². The van der Waals surface area contributed by atoms with E-state index >= 15 is 0 Å². The standard InChI is InChI=1S/C19H21ClN2O5/c1-25-16-10-17(26-2)14(9-13(16)20)21-18(23)12-5-3-7-22(11-12)19(24)15-6-4-8-27-15/h4,6,8-10,12H,3,5,7,11H2,1-2H3,(H,21,23)/t12-/m1/s1. The minimum atomic E-state index is -0.330. The summed E-state index contributed by atoms with van der Waals surface area (Å²) in [5.41, 5.74) is 0.461. The highest BCUT2D eigenvalue weighted by molar-refractivity contribution is 6.32. The molecule has 0 aliphatic carbocycles. The summed E-state index contributed by atoms with van der Waals surface area (Å²) in [5, 5.41) is 3.22. The molecule has 1 saturated heterocycles.